The van der Waals surface area contributed by atoms with Crippen molar-refractivity contribution in [3.8, 4) is 0 Å². The summed E-state index contributed by atoms with van der Waals surface area (Å²) in [6.07, 6.45) is 2.88. The second-order valence-electron chi connectivity index (χ2n) is 5.14. The Morgan fingerprint density at radius 2 is 2.25 bits per heavy atom. The molecule has 0 saturated heterocycles. The summed E-state index contributed by atoms with van der Waals surface area (Å²) in [5.41, 5.74) is 1.24. The van der Waals surface area contributed by atoms with E-state index in [1.807, 2.05) is 17.4 Å². The summed E-state index contributed by atoms with van der Waals surface area (Å²) in [5, 5.41) is 11.3. The zero-order valence-electron chi connectivity index (χ0n) is 9.73. The fraction of sp³-hybridized carbons (Fsp3) is 0.545. The first-order chi connectivity index (χ1) is 7.56. The Bertz CT molecular complexity index is 542. The van der Waals surface area contributed by atoms with Crippen molar-refractivity contribution in [3.05, 3.63) is 18.2 Å². The fourth-order valence-electron chi connectivity index (χ4n) is 1.94. The number of fused-ring (bicyclic) bond motifs is 1. The van der Waals surface area contributed by atoms with Gasteiger partial charge in [-0.1, -0.05) is 13.8 Å². The van der Waals surface area contributed by atoms with Gasteiger partial charge in [-0.3, -0.25) is 4.40 Å². The number of nitrogens with zero attached hydrogens (tertiary/aromatic N) is 4. The minimum atomic E-state index is 0.398. The molecule has 2 aromatic heterocycles. The third-order valence-corrected chi connectivity index (χ3v) is 3.31. The molecular weight excluding hydrogens is 202 g/mol. The molecule has 0 amide bonds. The molecule has 2 aromatic rings. The predicted molar refractivity (Wildman–Crippen MR) is 61.3 cm³/mol. The van der Waals surface area contributed by atoms with Crippen LogP contribution < -0.4 is 5.32 Å². The highest BCUT2D eigenvalue weighted by molar-refractivity contribution is 5.51. The number of aryl methyl sites for hydroxylation is 1. The van der Waals surface area contributed by atoms with Gasteiger partial charge in [-0.15, -0.1) is 10.2 Å². The van der Waals surface area contributed by atoms with E-state index < -0.39 is 0 Å². The van der Waals surface area contributed by atoms with Gasteiger partial charge >= 0.3 is 0 Å². The van der Waals surface area contributed by atoms with Gasteiger partial charge in [-0.2, -0.15) is 0 Å². The van der Waals surface area contributed by atoms with Gasteiger partial charge in [0.2, 0.25) is 0 Å². The zero-order chi connectivity index (χ0) is 11.3. The van der Waals surface area contributed by atoms with Crippen LogP contribution in [0.15, 0.2) is 12.4 Å². The number of nitrogens with one attached hydrogen (secondary N) is 1. The molecule has 0 radical (unpaired) electrons. The maximum absolute atomic E-state index is 4.49. The van der Waals surface area contributed by atoms with Gasteiger partial charge in [0, 0.05) is 12.1 Å². The monoisotopic (exact) mass is 217 g/mol. The van der Waals surface area contributed by atoms with Crippen molar-refractivity contribution in [1.82, 2.24) is 19.6 Å². The number of rotatable bonds is 2. The molecule has 5 heteroatoms. The molecule has 0 aliphatic heterocycles. The molecule has 0 spiro atoms. The molecule has 1 aliphatic carbocycles. The van der Waals surface area contributed by atoms with Crippen LogP contribution >= 0.6 is 0 Å². The predicted octanol–water partition coefficient (Wildman–Crippen LogP) is 1.64. The highest BCUT2D eigenvalue weighted by atomic mass is 15.2. The number of aromatic nitrogens is 4. The minimum Gasteiger partial charge on any atom is -0.367 e. The number of anilines is 1. The highest BCUT2D eigenvalue weighted by Crippen LogP contribution is 2.46. The maximum atomic E-state index is 4.49. The Hall–Kier alpha value is -1.65. The minimum absolute atomic E-state index is 0.398. The van der Waals surface area contributed by atoms with Gasteiger partial charge in [0.15, 0.2) is 5.65 Å². The van der Waals surface area contributed by atoms with Crippen molar-refractivity contribution >= 4 is 11.5 Å². The van der Waals surface area contributed by atoms with E-state index in [0.29, 0.717) is 11.5 Å². The van der Waals surface area contributed by atoms with Gasteiger partial charge in [0.05, 0.1) is 0 Å². The third-order valence-electron chi connectivity index (χ3n) is 3.31. The lowest BCUT2D eigenvalue weighted by molar-refractivity contribution is 0.629. The first-order valence-electron chi connectivity index (χ1n) is 5.50. The topological polar surface area (TPSA) is 55.1 Å². The van der Waals surface area contributed by atoms with E-state index >= 15 is 0 Å². The van der Waals surface area contributed by atoms with E-state index in [0.717, 1.165) is 17.3 Å². The number of hydrogen-bond acceptors (Lipinski definition) is 4. The van der Waals surface area contributed by atoms with Crippen molar-refractivity contribution in [2.75, 3.05) is 5.32 Å². The molecule has 1 atom stereocenters. The van der Waals surface area contributed by atoms with E-state index in [2.05, 4.69) is 34.3 Å². The molecule has 0 unspecified atom stereocenters. The quantitative estimate of drug-likeness (QED) is 0.831. The molecule has 2 heterocycles. The number of hydrogen-bond donors (Lipinski definition) is 1. The van der Waals surface area contributed by atoms with Crippen LogP contribution in [0.5, 0.6) is 0 Å². The van der Waals surface area contributed by atoms with Crippen LogP contribution in [-0.4, -0.2) is 25.6 Å². The van der Waals surface area contributed by atoms with Crippen LogP contribution in [0.2, 0.25) is 0 Å². The second kappa shape index (κ2) is 2.93. The van der Waals surface area contributed by atoms with Crippen LogP contribution in [0.4, 0.5) is 5.82 Å². The highest BCUT2D eigenvalue weighted by Gasteiger charge is 2.45. The Morgan fingerprint density at radius 3 is 2.94 bits per heavy atom. The summed E-state index contributed by atoms with van der Waals surface area (Å²) in [4.78, 5) is 4.49. The van der Waals surface area contributed by atoms with Crippen LogP contribution in [-0.2, 0) is 0 Å². The third kappa shape index (κ3) is 1.43. The second-order valence-corrected chi connectivity index (χ2v) is 5.14. The Balaban J connectivity index is 1.93. The Labute approximate surface area is 93.9 Å². The van der Waals surface area contributed by atoms with Gasteiger partial charge in [0.1, 0.15) is 18.0 Å². The lowest BCUT2D eigenvalue weighted by Gasteiger charge is -2.08. The average molecular weight is 217 g/mol. The van der Waals surface area contributed by atoms with Crippen molar-refractivity contribution in [2.24, 2.45) is 5.41 Å². The standard InChI is InChI=1S/C11H15N5/c1-7-13-9(14-8-5-11(8,2)3)4-10-15-12-6-16(7)10/h4,6,8,14H,5H2,1-3H3/t8-/m0/s1. The van der Waals surface area contributed by atoms with E-state index in [-0.39, 0.29) is 0 Å². The molecular formula is C11H15N5. The van der Waals surface area contributed by atoms with E-state index in [4.69, 9.17) is 0 Å². The van der Waals surface area contributed by atoms with Gasteiger partial charge in [-0.25, -0.2) is 4.98 Å². The normalized spacial score (nSPS) is 22.3. The van der Waals surface area contributed by atoms with Crippen LogP contribution in [0.1, 0.15) is 26.1 Å². The van der Waals surface area contributed by atoms with Gasteiger partial charge < -0.3 is 5.32 Å². The van der Waals surface area contributed by atoms with Gasteiger partial charge in [0.25, 0.3) is 0 Å². The Morgan fingerprint density at radius 1 is 1.50 bits per heavy atom. The molecule has 84 valence electrons. The molecule has 0 bridgehead atoms. The molecule has 0 aromatic carbocycles. The lowest BCUT2D eigenvalue weighted by Crippen LogP contribution is -2.11. The van der Waals surface area contributed by atoms with Crippen LogP contribution in [0, 0.1) is 12.3 Å². The van der Waals surface area contributed by atoms with Crippen molar-refractivity contribution in [3.63, 3.8) is 0 Å². The van der Waals surface area contributed by atoms with Crippen molar-refractivity contribution < 1.29 is 0 Å². The first kappa shape index (κ1) is 9.57. The molecule has 1 fully saturated rings. The van der Waals surface area contributed by atoms with Gasteiger partial charge in [-0.05, 0) is 18.8 Å². The average Bonchev–Trinajstić information content (AvgIpc) is 2.64. The smallest absolute Gasteiger partial charge is 0.165 e. The summed E-state index contributed by atoms with van der Waals surface area (Å²) < 4.78 is 1.88. The molecule has 5 nitrogen and oxygen atoms in total. The van der Waals surface area contributed by atoms with Crippen LogP contribution in [0.25, 0.3) is 5.65 Å². The lowest BCUT2D eigenvalue weighted by atomic mass is 10.2. The summed E-state index contributed by atoms with van der Waals surface area (Å²) in [6.45, 7) is 6.47. The summed E-state index contributed by atoms with van der Waals surface area (Å²) in [7, 11) is 0. The SMILES string of the molecule is Cc1nc(N[C@H]2CC2(C)C)cc2nncn12. The molecule has 1 saturated carbocycles. The summed E-state index contributed by atoms with van der Waals surface area (Å²) in [6, 6.07) is 2.47. The Kier molecular flexibility index (Phi) is 1.75. The first-order valence-corrected chi connectivity index (χ1v) is 5.50. The summed E-state index contributed by atoms with van der Waals surface area (Å²) in [5.74, 6) is 1.80. The molecule has 1 N–H and O–H groups in total. The zero-order valence-corrected chi connectivity index (χ0v) is 9.73. The van der Waals surface area contributed by atoms with E-state index in [9.17, 15) is 0 Å². The van der Waals surface area contributed by atoms with Crippen LogP contribution in [0.3, 0.4) is 0 Å². The molecule has 3 rings (SSSR count). The molecule has 1 aliphatic rings. The van der Waals surface area contributed by atoms with E-state index in [1.54, 1.807) is 6.33 Å². The largest absolute Gasteiger partial charge is 0.367 e. The maximum Gasteiger partial charge on any atom is 0.165 e. The molecule has 16 heavy (non-hydrogen) atoms. The van der Waals surface area contributed by atoms with E-state index in [1.165, 1.54) is 6.42 Å². The van der Waals surface area contributed by atoms with Crippen molar-refractivity contribution in [1.29, 1.82) is 0 Å². The fourth-order valence-corrected chi connectivity index (χ4v) is 1.94. The van der Waals surface area contributed by atoms with Crippen molar-refractivity contribution in [2.45, 2.75) is 33.2 Å². The summed E-state index contributed by atoms with van der Waals surface area (Å²) >= 11 is 0.